The van der Waals surface area contributed by atoms with Crippen molar-refractivity contribution < 1.29 is 4.79 Å². The molecule has 0 aromatic carbocycles. The molecule has 1 saturated heterocycles. The van der Waals surface area contributed by atoms with Crippen LogP contribution in [0.5, 0.6) is 0 Å². The average molecular weight is 338 g/mol. The maximum absolute atomic E-state index is 12.5. The van der Waals surface area contributed by atoms with Crippen LogP contribution < -0.4 is 10.2 Å². The van der Waals surface area contributed by atoms with E-state index in [0.717, 1.165) is 50.3 Å². The maximum Gasteiger partial charge on any atom is 0.223 e. The lowest BCUT2D eigenvalue weighted by Gasteiger charge is -2.33. The van der Waals surface area contributed by atoms with Crippen LogP contribution in [-0.4, -0.2) is 34.6 Å². The van der Waals surface area contributed by atoms with E-state index in [1.165, 1.54) is 12.8 Å². The highest BCUT2D eigenvalue weighted by atomic mass is 16.1. The van der Waals surface area contributed by atoms with Gasteiger partial charge in [0.25, 0.3) is 0 Å². The van der Waals surface area contributed by atoms with Crippen LogP contribution in [0.2, 0.25) is 0 Å². The summed E-state index contributed by atoms with van der Waals surface area (Å²) in [7, 11) is 0. The molecule has 2 aliphatic rings. The molecule has 0 radical (unpaired) electrons. The predicted octanol–water partition coefficient (Wildman–Crippen LogP) is 3.15. The normalized spacial score (nSPS) is 19.3. The molecule has 1 aliphatic carbocycles. The molecular weight excluding hydrogens is 312 g/mol. The number of carbonyl (C=O) groups is 1. The topological polar surface area (TPSA) is 50.2 Å². The summed E-state index contributed by atoms with van der Waals surface area (Å²) >= 11 is 0. The molecule has 5 nitrogen and oxygen atoms in total. The quantitative estimate of drug-likeness (QED) is 0.932. The highest BCUT2D eigenvalue weighted by Crippen LogP contribution is 2.27. The number of amides is 1. The van der Waals surface area contributed by atoms with Gasteiger partial charge in [0.15, 0.2) is 5.82 Å². The number of hydrogen-bond donors (Lipinski definition) is 1. The van der Waals surface area contributed by atoms with Crippen molar-refractivity contribution in [3.05, 3.63) is 42.9 Å². The Hall–Kier alpha value is -2.30. The highest BCUT2D eigenvalue weighted by Gasteiger charge is 2.28. The molecule has 1 amide bonds. The fraction of sp³-hybridized carbons (Fsp3) is 0.500. The first kappa shape index (κ1) is 16.2. The van der Waals surface area contributed by atoms with Gasteiger partial charge in [0.1, 0.15) is 0 Å². The summed E-state index contributed by atoms with van der Waals surface area (Å²) in [4.78, 5) is 19.4. The van der Waals surface area contributed by atoms with Crippen LogP contribution in [0.4, 0.5) is 5.82 Å². The van der Waals surface area contributed by atoms with E-state index in [0.29, 0.717) is 6.04 Å². The Morgan fingerprint density at radius 2 is 1.76 bits per heavy atom. The van der Waals surface area contributed by atoms with E-state index in [9.17, 15) is 4.79 Å². The Labute approximate surface area is 149 Å². The Bertz CT molecular complexity index is 698. The molecule has 2 fully saturated rings. The standard InChI is InChI=1S/C20H26N4O/c25-20(22-17-6-1-2-7-17)16-9-14-24(15-10-16)19-18(8-5-11-21-19)23-12-3-4-13-23/h3-5,8,11-13,16-17H,1-2,6-7,9-10,14-15H2,(H,22,25). The molecule has 0 unspecified atom stereocenters. The third kappa shape index (κ3) is 3.55. The lowest BCUT2D eigenvalue weighted by Crippen LogP contribution is -2.43. The third-order valence-electron chi connectivity index (χ3n) is 5.52. The van der Waals surface area contributed by atoms with Gasteiger partial charge >= 0.3 is 0 Å². The van der Waals surface area contributed by atoms with Crippen LogP contribution >= 0.6 is 0 Å². The first-order chi connectivity index (χ1) is 12.3. The molecule has 2 aromatic rings. The summed E-state index contributed by atoms with van der Waals surface area (Å²) in [6.07, 6.45) is 12.6. The van der Waals surface area contributed by atoms with Crippen LogP contribution in [0.3, 0.4) is 0 Å². The smallest absolute Gasteiger partial charge is 0.223 e. The molecular formula is C20H26N4O. The lowest BCUT2D eigenvalue weighted by atomic mass is 9.95. The molecule has 25 heavy (non-hydrogen) atoms. The van der Waals surface area contributed by atoms with Gasteiger partial charge in [0, 0.05) is 43.6 Å². The molecule has 1 aliphatic heterocycles. The molecule has 3 heterocycles. The molecule has 0 bridgehead atoms. The van der Waals surface area contributed by atoms with Gasteiger partial charge < -0.3 is 14.8 Å². The monoisotopic (exact) mass is 338 g/mol. The number of pyridine rings is 1. The van der Waals surface area contributed by atoms with Gasteiger partial charge in [-0.15, -0.1) is 0 Å². The summed E-state index contributed by atoms with van der Waals surface area (Å²) in [5.74, 6) is 1.42. The second-order valence-corrected chi connectivity index (χ2v) is 7.19. The minimum absolute atomic E-state index is 0.149. The van der Waals surface area contributed by atoms with Crippen LogP contribution in [0, 0.1) is 5.92 Å². The van der Waals surface area contributed by atoms with Crippen molar-refractivity contribution in [1.82, 2.24) is 14.9 Å². The predicted molar refractivity (Wildman–Crippen MR) is 98.9 cm³/mol. The number of carbonyl (C=O) groups excluding carboxylic acids is 1. The largest absolute Gasteiger partial charge is 0.355 e. The fourth-order valence-corrected chi connectivity index (χ4v) is 4.07. The molecule has 0 atom stereocenters. The van der Waals surface area contributed by atoms with Gasteiger partial charge in [-0.05, 0) is 49.9 Å². The van der Waals surface area contributed by atoms with Crippen molar-refractivity contribution in [2.75, 3.05) is 18.0 Å². The van der Waals surface area contributed by atoms with Crippen LogP contribution in [0.1, 0.15) is 38.5 Å². The van der Waals surface area contributed by atoms with Gasteiger partial charge in [-0.25, -0.2) is 4.98 Å². The minimum Gasteiger partial charge on any atom is -0.355 e. The summed E-state index contributed by atoms with van der Waals surface area (Å²) in [5.41, 5.74) is 1.10. The SMILES string of the molecule is O=C(NC1CCCC1)C1CCN(c2ncccc2-n2cccc2)CC1. The number of rotatable bonds is 4. The van der Waals surface area contributed by atoms with Crippen LogP contribution in [0.25, 0.3) is 5.69 Å². The van der Waals surface area contributed by atoms with Crippen LogP contribution in [0.15, 0.2) is 42.9 Å². The zero-order valence-corrected chi connectivity index (χ0v) is 14.6. The summed E-state index contributed by atoms with van der Waals surface area (Å²) in [6.45, 7) is 1.77. The van der Waals surface area contributed by atoms with E-state index < -0.39 is 0 Å². The Balaban J connectivity index is 1.40. The number of piperidine rings is 1. The molecule has 4 rings (SSSR count). The van der Waals surface area contributed by atoms with Gasteiger partial charge in [-0.2, -0.15) is 0 Å². The van der Waals surface area contributed by atoms with E-state index in [4.69, 9.17) is 0 Å². The van der Waals surface area contributed by atoms with Crippen molar-refractivity contribution >= 4 is 11.7 Å². The molecule has 1 saturated carbocycles. The molecule has 5 heteroatoms. The molecule has 0 spiro atoms. The zero-order valence-electron chi connectivity index (χ0n) is 14.6. The summed E-state index contributed by atoms with van der Waals surface area (Å²) in [5, 5.41) is 3.26. The second-order valence-electron chi connectivity index (χ2n) is 7.19. The second kappa shape index (κ2) is 7.30. The third-order valence-corrected chi connectivity index (χ3v) is 5.52. The Kier molecular flexibility index (Phi) is 4.72. The Morgan fingerprint density at radius 1 is 1.04 bits per heavy atom. The van der Waals surface area contributed by atoms with Gasteiger partial charge in [-0.1, -0.05) is 12.8 Å². The van der Waals surface area contributed by atoms with E-state index in [2.05, 4.69) is 25.8 Å². The van der Waals surface area contributed by atoms with E-state index in [-0.39, 0.29) is 11.8 Å². The Morgan fingerprint density at radius 3 is 2.48 bits per heavy atom. The van der Waals surface area contributed by atoms with E-state index >= 15 is 0 Å². The van der Waals surface area contributed by atoms with Crippen molar-refractivity contribution in [1.29, 1.82) is 0 Å². The zero-order chi connectivity index (χ0) is 17.1. The first-order valence-electron chi connectivity index (χ1n) is 9.45. The maximum atomic E-state index is 12.5. The number of nitrogens with one attached hydrogen (secondary N) is 1. The van der Waals surface area contributed by atoms with Gasteiger partial charge in [-0.3, -0.25) is 4.79 Å². The molecule has 2 aromatic heterocycles. The summed E-state index contributed by atoms with van der Waals surface area (Å²) < 4.78 is 2.10. The number of aromatic nitrogens is 2. The van der Waals surface area contributed by atoms with Crippen molar-refractivity contribution in [3.63, 3.8) is 0 Å². The number of anilines is 1. The van der Waals surface area contributed by atoms with Gasteiger partial charge in [0.05, 0.1) is 5.69 Å². The molecule has 132 valence electrons. The van der Waals surface area contributed by atoms with Crippen LogP contribution in [-0.2, 0) is 4.79 Å². The number of hydrogen-bond acceptors (Lipinski definition) is 3. The van der Waals surface area contributed by atoms with E-state index in [1.54, 1.807) is 0 Å². The fourth-order valence-electron chi connectivity index (χ4n) is 4.07. The minimum atomic E-state index is 0.149. The average Bonchev–Trinajstić information content (AvgIpc) is 3.36. The highest BCUT2D eigenvalue weighted by molar-refractivity contribution is 5.79. The van der Waals surface area contributed by atoms with E-state index in [1.807, 2.05) is 36.8 Å². The number of nitrogens with zero attached hydrogens (tertiary/aromatic N) is 3. The first-order valence-corrected chi connectivity index (χ1v) is 9.45. The summed E-state index contributed by atoms with van der Waals surface area (Å²) in [6, 6.07) is 8.54. The molecule has 1 N–H and O–H groups in total. The van der Waals surface area contributed by atoms with Gasteiger partial charge in [0.2, 0.25) is 5.91 Å². The van der Waals surface area contributed by atoms with Crippen molar-refractivity contribution in [2.24, 2.45) is 5.92 Å². The van der Waals surface area contributed by atoms with Crippen molar-refractivity contribution in [2.45, 2.75) is 44.6 Å². The van der Waals surface area contributed by atoms with Crippen molar-refractivity contribution in [3.8, 4) is 5.69 Å². The lowest BCUT2D eigenvalue weighted by molar-refractivity contribution is -0.126.